The van der Waals surface area contributed by atoms with E-state index in [4.69, 9.17) is 0 Å². The van der Waals surface area contributed by atoms with Crippen LogP contribution in [0.2, 0.25) is 0 Å². The zero-order valence-corrected chi connectivity index (χ0v) is 24.2. The van der Waals surface area contributed by atoms with E-state index in [9.17, 15) is 0 Å². The number of para-hydroxylation sites is 1. The van der Waals surface area contributed by atoms with E-state index in [1.165, 1.54) is 59.0 Å². The van der Waals surface area contributed by atoms with Gasteiger partial charge < -0.3 is 4.57 Å². The summed E-state index contributed by atoms with van der Waals surface area (Å²) < 4.78 is 2.43. The van der Waals surface area contributed by atoms with Crippen molar-refractivity contribution in [1.82, 2.24) is 4.57 Å². The standard InChI is InChI=1S/C40H29NSi/c1-4-16-33(17-5-1)42(34-18-6-2-7-19-34,35-20-8-3-9-21-35)36-26-27-40-38(29-36)37-22-12-13-23-39(37)41(40)32-25-24-30-14-10-11-15-31(30)28-32/h1-29H. The molecular formula is C40H29NSi. The molecule has 1 aromatic heterocycles. The second-order valence-electron chi connectivity index (χ2n) is 11.0. The first kappa shape index (κ1) is 24.6. The predicted octanol–water partition coefficient (Wildman–Crippen LogP) is 7.31. The Morgan fingerprint density at radius 2 is 0.857 bits per heavy atom. The minimum Gasteiger partial charge on any atom is -0.309 e. The Hall–Kier alpha value is -5.18. The normalized spacial score (nSPS) is 11.8. The van der Waals surface area contributed by atoms with Gasteiger partial charge in [0.2, 0.25) is 0 Å². The summed E-state index contributed by atoms with van der Waals surface area (Å²) in [5, 5.41) is 10.6. The zero-order valence-electron chi connectivity index (χ0n) is 23.2. The Balaban J connectivity index is 1.46. The molecule has 1 nitrogen and oxygen atoms in total. The third kappa shape index (κ3) is 3.77. The molecule has 0 fully saturated rings. The Bertz CT molecular complexity index is 2080. The monoisotopic (exact) mass is 551 g/mol. The van der Waals surface area contributed by atoms with E-state index in [2.05, 4.69) is 180 Å². The second kappa shape index (κ2) is 10.0. The Morgan fingerprint density at radius 3 is 1.50 bits per heavy atom. The van der Waals surface area contributed by atoms with Crippen LogP contribution in [0.5, 0.6) is 0 Å². The topological polar surface area (TPSA) is 4.93 Å². The van der Waals surface area contributed by atoms with Gasteiger partial charge in [-0.1, -0.05) is 152 Å². The van der Waals surface area contributed by atoms with Gasteiger partial charge in [0.15, 0.2) is 8.07 Å². The Morgan fingerprint density at radius 1 is 0.333 bits per heavy atom. The van der Waals surface area contributed by atoms with Crippen molar-refractivity contribution in [3.8, 4) is 5.69 Å². The average molecular weight is 552 g/mol. The van der Waals surface area contributed by atoms with Gasteiger partial charge in [-0.25, -0.2) is 0 Å². The number of rotatable bonds is 5. The van der Waals surface area contributed by atoms with Crippen molar-refractivity contribution in [2.75, 3.05) is 0 Å². The lowest BCUT2D eigenvalue weighted by Crippen LogP contribution is -2.74. The van der Waals surface area contributed by atoms with E-state index in [1.54, 1.807) is 0 Å². The highest BCUT2D eigenvalue weighted by Crippen LogP contribution is 2.33. The summed E-state index contributed by atoms with van der Waals surface area (Å²) in [5.41, 5.74) is 3.64. The molecular weight excluding hydrogens is 523 g/mol. The van der Waals surface area contributed by atoms with Crippen molar-refractivity contribution in [3.05, 3.63) is 176 Å². The zero-order chi connectivity index (χ0) is 27.9. The molecule has 0 atom stereocenters. The van der Waals surface area contributed by atoms with E-state index >= 15 is 0 Å². The van der Waals surface area contributed by atoms with E-state index < -0.39 is 8.07 Å². The molecule has 198 valence electrons. The molecule has 1 heterocycles. The van der Waals surface area contributed by atoms with Crippen molar-refractivity contribution in [2.24, 2.45) is 0 Å². The maximum atomic E-state index is 2.49. The molecule has 0 aliphatic rings. The lowest BCUT2D eigenvalue weighted by Gasteiger charge is -2.34. The summed E-state index contributed by atoms with van der Waals surface area (Å²) in [6.45, 7) is 0. The first-order chi connectivity index (χ1) is 20.8. The van der Waals surface area contributed by atoms with Crippen molar-refractivity contribution in [1.29, 1.82) is 0 Å². The largest absolute Gasteiger partial charge is 0.309 e. The molecule has 0 bridgehead atoms. The van der Waals surface area contributed by atoms with Crippen LogP contribution in [0, 0.1) is 0 Å². The summed E-state index contributed by atoms with van der Waals surface area (Å²) in [6, 6.07) is 64.9. The number of benzene rings is 7. The Labute approximate surface area is 247 Å². The summed E-state index contributed by atoms with van der Waals surface area (Å²) in [6.07, 6.45) is 0. The molecule has 0 radical (unpaired) electrons. The van der Waals surface area contributed by atoms with Crippen molar-refractivity contribution >= 4 is 61.4 Å². The van der Waals surface area contributed by atoms with Gasteiger partial charge in [-0.05, 0) is 55.8 Å². The summed E-state index contributed by atoms with van der Waals surface area (Å²) in [7, 11) is -2.62. The van der Waals surface area contributed by atoms with Crippen LogP contribution in [0.1, 0.15) is 0 Å². The number of nitrogens with zero attached hydrogens (tertiary/aromatic N) is 1. The molecule has 0 aliphatic carbocycles. The van der Waals surface area contributed by atoms with Crippen LogP contribution in [0.25, 0.3) is 38.3 Å². The van der Waals surface area contributed by atoms with Crippen molar-refractivity contribution in [2.45, 2.75) is 0 Å². The lowest BCUT2D eigenvalue weighted by molar-refractivity contribution is 1.19. The van der Waals surface area contributed by atoms with E-state index in [0.29, 0.717) is 0 Å². The highest BCUT2D eigenvalue weighted by atomic mass is 28.3. The lowest BCUT2D eigenvalue weighted by atomic mass is 10.1. The number of hydrogen-bond donors (Lipinski definition) is 0. The molecule has 0 saturated carbocycles. The fourth-order valence-electron chi connectivity index (χ4n) is 6.86. The molecule has 0 amide bonds. The summed E-state index contributed by atoms with van der Waals surface area (Å²) >= 11 is 0. The average Bonchev–Trinajstić information content (AvgIpc) is 3.40. The molecule has 0 saturated heterocycles. The van der Waals surface area contributed by atoms with Crippen LogP contribution in [0.15, 0.2) is 176 Å². The molecule has 2 heteroatoms. The van der Waals surface area contributed by atoms with Gasteiger partial charge in [0.1, 0.15) is 0 Å². The van der Waals surface area contributed by atoms with Crippen molar-refractivity contribution < 1.29 is 0 Å². The molecule has 0 spiro atoms. The highest BCUT2D eigenvalue weighted by Gasteiger charge is 2.41. The van der Waals surface area contributed by atoms with Crippen LogP contribution < -0.4 is 20.7 Å². The fraction of sp³-hybridized carbons (Fsp3) is 0. The number of hydrogen-bond acceptors (Lipinski definition) is 0. The molecule has 7 aromatic carbocycles. The Kier molecular flexibility index (Phi) is 5.87. The molecule has 42 heavy (non-hydrogen) atoms. The van der Waals surface area contributed by atoms with E-state index in [1.807, 2.05) is 0 Å². The van der Waals surface area contributed by atoms with Crippen molar-refractivity contribution in [3.63, 3.8) is 0 Å². The van der Waals surface area contributed by atoms with Crippen LogP contribution in [-0.4, -0.2) is 12.6 Å². The quantitative estimate of drug-likeness (QED) is 0.156. The molecule has 0 unspecified atom stereocenters. The second-order valence-corrected chi connectivity index (χ2v) is 14.8. The third-order valence-electron chi connectivity index (χ3n) is 8.72. The first-order valence-electron chi connectivity index (χ1n) is 14.5. The highest BCUT2D eigenvalue weighted by molar-refractivity contribution is 7.20. The predicted molar refractivity (Wildman–Crippen MR) is 182 cm³/mol. The van der Waals surface area contributed by atoms with Crippen LogP contribution in [0.4, 0.5) is 0 Å². The smallest absolute Gasteiger partial charge is 0.179 e. The minimum absolute atomic E-state index is 1.19. The molecule has 8 aromatic rings. The van der Waals surface area contributed by atoms with E-state index in [-0.39, 0.29) is 0 Å². The van der Waals surface area contributed by atoms with Gasteiger partial charge in [-0.3, -0.25) is 0 Å². The molecule has 8 rings (SSSR count). The van der Waals surface area contributed by atoms with Gasteiger partial charge >= 0.3 is 0 Å². The third-order valence-corrected chi connectivity index (χ3v) is 13.5. The van der Waals surface area contributed by atoms with E-state index in [0.717, 1.165) is 0 Å². The number of fused-ring (bicyclic) bond motifs is 4. The maximum Gasteiger partial charge on any atom is 0.179 e. The molecule has 0 aliphatic heterocycles. The summed E-state index contributed by atoms with van der Waals surface area (Å²) in [5.74, 6) is 0. The van der Waals surface area contributed by atoms with Crippen LogP contribution in [-0.2, 0) is 0 Å². The van der Waals surface area contributed by atoms with Gasteiger partial charge in [0.25, 0.3) is 0 Å². The summed E-state index contributed by atoms with van der Waals surface area (Å²) in [4.78, 5) is 0. The van der Waals surface area contributed by atoms with Gasteiger partial charge in [-0.2, -0.15) is 0 Å². The van der Waals surface area contributed by atoms with Crippen LogP contribution in [0.3, 0.4) is 0 Å². The van der Waals surface area contributed by atoms with Gasteiger partial charge in [0.05, 0.1) is 11.0 Å². The van der Waals surface area contributed by atoms with Gasteiger partial charge in [-0.15, -0.1) is 0 Å². The molecule has 0 N–H and O–H groups in total. The van der Waals surface area contributed by atoms with Crippen LogP contribution >= 0.6 is 0 Å². The first-order valence-corrected chi connectivity index (χ1v) is 16.5. The minimum atomic E-state index is -2.62. The maximum absolute atomic E-state index is 2.62. The van der Waals surface area contributed by atoms with Gasteiger partial charge in [0, 0.05) is 16.5 Å². The SMILES string of the molecule is c1ccc([Si](c2ccccc2)(c2ccccc2)c2ccc3c(c2)c2ccccc2n3-c2ccc3ccccc3c2)cc1. The number of aromatic nitrogens is 1. The fourth-order valence-corrected chi connectivity index (χ4v) is 11.6.